The number of hydrogen-bond donors (Lipinski definition) is 2. The molecule has 0 saturated carbocycles. The number of aliphatic hydroxyl groups excluding tert-OH is 1. The average molecular weight is 185 g/mol. The number of nitrogens with zero attached hydrogens (tertiary/aromatic N) is 1. The van der Waals surface area contributed by atoms with E-state index in [4.69, 9.17) is 10.2 Å². The Morgan fingerprint density at radius 3 is 3.00 bits per heavy atom. The molecule has 0 aromatic carbocycles. The summed E-state index contributed by atoms with van der Waals surface area (Å²) in [6.07, 6.45) is 4.63. The van der Waals surface area contributed by atoms with Crippen molar-refractivity contribution in [2.75, 3.05) is 19.7 Å². The maximum absolute atomic E-state index is 10.2. The van der Waals surface area contributed by atoms with Gasteiger partial charge in [-0.2, -0.15) is 0 Å². The van der Waals surface area contributed by atoms with Crippen LogP contribution in [0.2, 0.25) is 0 Å². The van der Waals surface area contributed by atoms with E-state index in [2.05, 4.69) is 0 Å². The quantitative estimate of drug-likeness (QED) is 0.618. The summed E-state index contributed by atoms with van der Waals surface area (Å²) in [6, 6.07) is 0. The maximum Gasteiger partial charge on any atom is 0.329 e. The maximum atomic E-state index is 10.2. The molecule has 74 valence electrons. The van der Waals surface area contributed by atoms with Crippen molar-refractivity contribution in [2.45, 2.75) is 12.8 Å². The first-order chi connectivity index (χ1) is 6.22. The van der Waals surface area contributed by atoms with Crippen LogP contribution < -0.4 is 0 Å². The predicted octanol–water partition coefficient (Wildman–Crippen LogP) is 0.289. The van der Waals surface area contributed by atoms with Gasteiger partial charge in [-0.1, -0.05) is 0 Å². The molecule has 1 saturated heterocycles. The fourth-order valence-electron chi connectivity index (χ4n) is 1.59. The molecule has 0 aromatic heterocycles. The van der Waals surface area contributed by atoms with E-state index in [-0.39, 0.29) is 6.61 Å². The molecule has 1 fully saturated rings. The van der Waals surface area contributed by atoms with Crippen LogP contribution in [-0.4, -0.2) is 40.8 Å². The lowest BCUT2D eigenvalue weighted by atomic mass is 10.1. The average Bonchev–Trinajstić information content (AvgIpc) is 2.50. The largest absolute Gasteiger partial charge is 0.478 e. The van der Waals surface area contributed by atoms with Gasteiger partial charge in [-0.25, -0.2) is 4.79 Å². The molecule has 1 aliphatic heterocycles. The Labute approximate surface area is 77.5 Å². The number of rotatable bonds is 4. The van der Waals surface area contributed by atoms with Crippen molar-refractivity contribution in [1.29, 1.82) is 0 Å². The Balaban J connectivity index is 2.28. The number of aliphatic hydroxyl groups is 1. The number of hydrogen-bond acceptors (Lipinski definition) is 3. The highest BCUT2D eigenvalue weighted by Crippen LogP contribution is 2.18. The minimum Gasteiger partial charge on any atom is -0.478 e. The van der Waals surface area contributed by atoms with Gasteiger partial charge in [0.05, 0.1) is 0 Å². The highest BCUT2D eigenvalue weighted by atomic mass is 16.4. The van der Waals surface area contributed by atoms with Crippen LogP contribution in [0.4, 0.5) is 0 Å². The number of carboxylic acid groups (broad SMARTS) is 1. The summed E-state index contributed by atoms with van der Waals surface area (Å²) < 4.78 is 0. The standard InChI is InChI=1S/C9H15NO3/c11-6-3-8-1-4-10(7-8)5-2-9(12)13/h2,5,8,11H,1,3-4,6-7H2,(H,12,13)/b5-2+. The summed E-state index contributed by atoms with van der Waals surface area (Å²) in [5.74, 6) is -0.394. The summed E-state index contributed by atoms with van der Waals surface area (Å²) in [5, 5.41) is 17.1. The normalized spacial score (nSPS) is 22.8. The van der Waals surface area contributed by atoms with Gasteiger partial charge in [-0.3, -0.25) is 0 Å². The lowest BCUT2D eigenvalue weighted by molar-refractivity contribution is -0.131. The first-order valence-corrected chi connectivity index (χ1v) is 4.48. The Kier molecular flexibility index (Phi) is 3.76. The molecule has 0 aliphatic carbocycles. The van der Waals surface area contributed by atoms with Gasteiger partial charge in [-0.05, 0) is 18.8 Å². The smallest absolute Gasteiger partial charge is 0.329 e. The molecule has 1 aliphatic rings. The van der Waals surface area contributed by atoms with Crippen LogP contribution in [0, 0.1) is 5.92 Å². The molecule has 0 spiro atoms. The highest BCUT2D eigenvalue weighted by molar-refractivity contribution is 5.79. The monoisotopic (exact) mass is 185 g/mol. The first-order valence-electron chi connectivity index (χ1n) is 4.48. The van der Waals surface area contributed by atoms with E-state index in [1.807, 2.05) is 4.90 Å². The third kappa shape index (κ3) is 3.46. The van der Waals surface area contributed by atoms with Crippen LogP contribution in [0.3, 0.4) is 0 Å². The van der Waals surface area contributed by atoms with Crippen molar-refractivity contribution in [3.63, 3.8) is 0 Å². The van der Waals surface area contributed by atoms with Crippen molar-refractivity contribution >= 4 is 5.97 Å². The van der Waals surface area contributed by atoms with E-state index in [1.54, 1.807) is 6.20 Å². The molecular formula is C9H15NO3. The zero-order chi connectivity index (χ0) is 9.68. The zero-order valence-corrected chi connectivity index (χ0v) is 7.52. The fraction of sp³-hybridized carbons (Fsp3) is 0.667. The van der Waals surface area contributed by atoms with Crippen LogP contribution >= 0.6 is 0 Å². The molecule has 1 heterocycles. The SMILES string of the molecule is O=C(O)/C=C/N1CCC(CCO)C1. The lowest BCUT2D eigenvalue weighted by Crippen LogP contribution is -2.14. The number of carbonyl (C=O) groups is 1. The van der Waals surface area contributed by atoms with Crippen molar-refractivity contribution in [3.05, 3.63) is 12.3 Å². The molecule has 1 rings (SSSR count). The lowest BCUT2D eigenvalue weighted by Gasteiger charge is -2.11. The van der Waals surface area contributed by atoms with Gasteiger partial charge < -0.3 is 15.1 Å². The number of likely N-dealkylation sites (tertiary alicyclic amines) is 1. The van der Waals surface area contributed by atoms with E-state index in [0.717, 1.165) is 32.0 Å². The molecule has 0 radical (unpaired) electrons. The van der Waals surface area contributed by atoms with E-state index in [9.17, 15) is 4.79 Å². The van der Waals surface area contributed by atoms with Crippen LogP contribution in [0.5, 0.6) is 0 Å². The van der Waals surface area contributed by atoms with Crippen molar-refractivity contribution in [1.82, 2.24) is 4.90 Å². The van der Waals surface area contributed by atoms with E-state index >= 15 is 0 Å². The summed E-state index contributed by atoms with van der Waals surface area (Å²) in [4.78, 5) is 12.2. The fourth-order valence-corrected chi connectivity index (χ4v) is 1.59. The topological polar surface area (TPSA) is 60.8 Å². The van der Waals surface area contributed by atoms with Gasteiger partial charge in [0, 0.05) is 32.0 Å². The van der Waals surface area contributed by atoms with E-state index < -0.39 is 5.97 Å². The Bertz CT molecular complexity index is 203. The molecule has 4 heteroatoms. The van der Waals surface area contributed by atoms with Gasteiger partial charge >= 0.3 is 5.97 Å². The van der Waals surface area contributed by atoms with Crippen LogP contribution in [0.15, 0.2) is 12.3 Å². The van der Waals surface area contributed by atoms with Crippen LogP contribution in [0.25, 0.3) is 0 Å². The van der Waals surface area contributed by atoms with Gasteiger partial charge in [0.15, 0.2) is 0 Å². The van der Waals surface area contributed by atoms with Crippen molar-refractivity contribution < 1.29 is 15.0 Å². The molecule has 4 nitrogen and oxygen atoms in total. The predicted molar refractivity (Wildman–Crippen MR) is 48.2 cm³/mol. The van der Waals surface area contributed by atoms with Gasteiger partial charge in [0.1, 0.15) is 0 Å². The number of carboxylic acids is 1. The Morgan fingerprint density at radius 2 is 2.38 bits per heavy atom. The van der Waals surface area contributed by atoms with Crippen molar-refractivity contribution in [2.24, 2.45) is 5.92 Å². The van der Waals surface area contributed by atoms with Crippen molar-refractivity contribution in [3.8, 4) is 0 Å². The van der Waals surface area contributed by atoms with Gasteiger partial charge in [0.2, 0.25) is 0 Å². The van der Waals surface area contributed by atoms with Gasteiger partial charge in [-0.15, -0.1) is 0 Å². The van der Waals surface area contributed by atoms with E-state index in [1.165, 1.54) is 0 Å². The minimum absolute atomic E-state index is 0.223. The molecule has 0 amide bonds. The summed E-state index contributed by atoms with van der Waals surface area (Å²) >= 11 is 0. The molecule has 0 bridgehead atoms. The second-order valence-electron chi connectivity index (χ2n) is 3.32. The molecular weight excluding hydrogens is 170 g/mol. The zero-order valence-electron chi connectivity index (χ0n) is 7.52. The first kappa shape index (κ1) is 10.1. The third-order valence-electron chi connectivity index (χ3n) is 2.28. The van der Waals surface area contributed by atoms with Gasteiger partial charge in [0.25, 0.3) is 0 Å². The second-order valence-corrected chi connectivity index (χ2v) is 3.32. The highest BCUT2D eigenvalue weighted by Gasteiger charge is 2.19. The summed E-state index contributed by atoms with van der Waals surface area (Å²) in [5.41, 5.74) is 0. The Hall–Kier alpha value is -1.03. The summed E-state index contributed by atoms with van der Waals surface area (Å²) in [7, 11) is 0. The second kappa shape index (κ2) is 4.87. The molecule has 0 aromatic rings. The molecule has 1 atom stereocenters. The van der Waals surface area contributed by atoms with Crippen LogP contribution in [0.1, 0.15) is 12.8 Å². The number of aliphatic carboxylic acids is 1. The Morgan fingerprint density at radius 1 is 1.62 bits per heavy atom. The molecule has 13 heavy (non-hydrogen) atoms. The van der Waals surface area contributed by atoms with E-state index in [0.29, 0.717) is 5.92 Å². The van der Waals surface area contributed by atoms with Crippen LogP contribution in [-0.2, 0) is 4.79 Å². The molecule has 1 unspecified atom stereocenters. The minimum atomic E-state index is -0.911. The molecule has 2 N–H and O–H groups in total. The third-order valence-corrected chi connectivity index (χ3v) is 2.28. The summed E-state index contributed by atoms with van der Waals surface area (Å²) in [6.45, 7) is 1.99.